The molecule has 2 atom stereocenters. The van der Waals surface area contributed by atoms with Gasteiger partial charge in [0, 0.05) is 41.7 Å². The van der Waals surface area contributed by atoms with Gasteiger partial charge in [-0.1, -0.05) is 49.2 Å². The molecule has 0 spiro atoms. The standard InChI is InChI=1S/C24H34N4S/c25-14-17-29-18-15-26-24(28-16-6-10-20-8-2-4-13-23(20)28)27-22-12-5-9-19-7-1-3-11-21(19)22/h1,3,5,7,9,11-12,20,23H,2,4,6,8,10,13-18,25H2,(H,26,27). The van der Waals surface area contributed by atoms with Crippen LogP contribution in [0.4, 0.5) is 5.69 Å². The van der Waals surface area contributed by atoms with Crippen LogP contribution in [0.2, 0.25) is 0 Å². The van der Waals surface area contributed by atoms with Gasteiger partial charge in [-0.15, -0.1) is 0 Å². The van der Waals surface area contributed by atoms with E-state index in [1.165, 1.54) is 49.3 Å². The maximum Gasteiger partial charge on any atom is 0.198 e. The largest absolute Gasteiger partial charge is 0.339 e. The third-order valence-electron chi connectivity index (χ3n) is 6.31. The molecular weight excluding hydrogens is 376 g/mol. The van der Waals surface area contributed by atoms with E-state index in [1.807, 2.05) is 11.8 Å². The van der Waals surface area contributed by atoms with Gasteiger partial charge in [0.2, 0.25) is 0 Å². The van der Waals surface area contributed by atoms with Crippen molar-refractivity contribution in [1.82, 2.24) is 4.90 Å². The molecule has 1 saturated carbocycles. The lowest BCUT2D eigenvalue weighted by atomic mass is 9.78. The predicted octanol–water partition coefficient (Wildman–Crippen LogP) is 4.95. The van der Waals surface area contributed by atoms with Crippen LogP contribution in [0.1, 0.15) is 38.5 Å². The summed E-state index contributed by atoms with van der Waals surface area (Å²) in [6, 6.07) is 15.8. The molecule has 0 radical (unpaired) electrons. The van der Waals surface area contributed by atoms with Crippen molar-refractivity contribution in [2.75, 3.05) is 36.5 Å². The van der Waals surface area contributed by atoms with E-state index in [2.05, 4.69) is 52.7 Å². The molecule has 156 valence electrons. The molecule has 0 amide bonds. The third kappa shape index (κ3) is 5.07. The average Bonchev–Trinajstić information content (AvgIpc) is 2.78. The van der Waals surface area contributed by atoms with E-state index < -0.39 is 0 Å². The summed E-state index contributed by atoms with van der Waals surface area (Å²) in [7, 11) is 0. The van der Waals surface area contributed by atoms with Gasteiger partial charge >= 0.3 is 0 Å². The van der Waals surface area contributed by atoms with Crippen LogP contribution in [0.3, 0.4) is 0 Å². The zero-order chi connectivity index (χ0) is 19.9. The fraction of sp³-hybridized carbons (Fsp3) is 0.542. The number of hydrogen-bond donors (Lipinski definition) is 2. The number of aliphatic imine (C=N–C) groups is 1. The number of hydrogen-bond acceptors (Lipinski definition) is 3. The number of fused-ring (bicyclic) bond motifs is 2. The molecule has 5 heteroatoms. The number of rotatable bonds is 6. The van der Waals surface area contributed by atoms with Crippen molar-refractivity contribution in [3.8, 4) is 0 Å². The molecule has 1 saturated heterocycles. The number of likely N-dealkylation sites (tertiary alicyclic amines) is 1. The Morgan fingerprint density at radius 3 is 2.79 bits per heavy atom. The predicted molar refractivity (Wildman–Crippen MR) is 128 cm³/mol. The minimum Gasteiger partial charge on any atom is -0.339 e. The Labute approximate surface area is 179 Å². The topological polar surface area (TPSA) is 53.6 Å². The highest BCUT2D eigenvalue weighted by Gasteiger charge is 2.34. The Hall–Kier alpha value is -1.72. The second-order valence-electron chi connectivity index (χ2n) is 8.21. The van der Waals surface area contributed by atoms with E-state index in [0.717, 1.165) is 48.7 Å². The summed E-state index contributed by atoms with van der Waals surface area (Å²) >= 11 is 1.90. The first kappa shape index (κ1) is 20.5. The number of guanidine groups is 1. The van der Waals surface area contributed by atoms with Crippen molar-refractivity contribution in [1.29, 1.82) is 0 Å². The quantitative estimate of drug-likeness (QED) is 0.402. The highest BCUT2D eigenvalue weighted by Crippen LogP contribution is 2.36. The Balaban J connectivity index is 1.58. The van der Waals surface area contributed by atoms with Crippen molar-refractivity contribution in [3.05, 3.63) is 42.5 Å². The van der Waals surface area contributed by atoms with E-state index in [4.69, 9.17) is 10.7 Å². The maximum absolute atomic E-state index is 5.64. The fourth-order valence-corrected chi connectivity index (χ4v) is 5.54. The molecule has 2 fully saturated rings. The van der Waals surface area contributed by atoms with E-state index >= 15 is 0 Å². The minimum absolute atomic E-state index is 0.649. The van der Waals surface area contributed by atoms with Crippen LogP contribution >= 0.6 is 11.8 Å². The number of anilines is 1. The van der Waals surface area contributed by atoms with Gasteiger partial charge in [-0.3, -0.25) is 4.99 Å². The van der Waals surface area contributed by atoms with Gasteiger partial charge in [-0.05, 0) is 43.1 Å². The summed E-state index contributed by atoms with van der Waals surface area (Å²) in [5.74, 6) is 3.95. The SMILES string of the molecule is NCCSCCN=C(Nc1cccc2ccccc12)N1CCCC2CCCCC21. The molecule has 2 aromatic carbocycles. The molecule has 1 aliphatic heterocycles. The number of piperidine rings is 1. The lowest BCUT2D eigenvalue weighted by Gasteiger charge is -2.45. The Morgan fingerprint density at radius 1 is 1.03 bits per heavy atom. The summed E-state index contributed by atoms with van der Waals surface area (Å²) in [5, 5.41) is 6.29. The summed E-state index contributed by atoms with van der Waals surface area (Å²) < 4.78 is 0. The lowest BCUT2D eigenvalue weighted by molar-refractivity contribution is 0.119. The van der Waals surface area contributed by atoms with Gasteiger partial charge in [0.05, 0.1) is 6.54 Å². The molecular formula is C24H34N4S. The first-order valence-corrected chi connectivity index (χ1v) is 12.4. The van der Waals surface area contributed by atoms with E-state index in [1.54, 1.807) is 0 Å². The number of nitrogens with two attached hydrogens (primary N) is 1. The number of thioether (sulfide) groups is 1. The van der Waals surface area contributed by atoms with Crippen molar-refractivity contribution >= 4 is 34.2 Å². The Kier molecular flexibility index (Phi) is 7.33. The molecule has 2 unspecified atom stereocenters. The van der Waals surface area contributed by atoms with Gasteiger partial charge < -0.3 is 16.0 Å². The van der Waals surface area contributed by atoms with Crippen molar-refractivity contribution in [3.63, 3.8) is 0 Å². The monoisotopic (exact) mass is 410 g/mol. The summed E-state index contributed by atoms with van der Waals surface area (Å²) in [6.07, 6.45) is 8.10. The van der Waals surface area contributed by atoms with Crippen LogP contribution in [-0.2, 0) is 0 Å². The van der Waals surface area contributed by atoms with Crippen LogP contribution in [0.5, 0.6) is 0 Å². The van der Waals surface area contributed by atoms with Gasteiger partial charge in [0.1, 0.15) is 0 Å². The highest BCUT2D eigenvalue weighted by atomic mass is 32.2. The fourth-order valence-electron chi connectivity index (χ4n) is 4.95. The molecule has 1 heterocycles. The molecule has 29 heavy (non-hydrogen) atoms. The third-order valence-corrected chi connectivity index (χ3v) is 7.31. The number of nitrogens with one attached hydrogen (secondary N) is 1. The van der Waals surface area contributed by atoms with Gasteiger partial charge in [0.15, 0.2) is 5.96 Å². The van der Waals surface area contributed by atoms with Crippen molar-refractivity contribution < 1.29 is 0 Å². The van der Waals surface area contributed by atoms with Crippen LogP contribution in [0.25, 0.3) is 10.8 Å². The Bertz CT molecular complexity index is 814. The molecule has 1 aliphatic carbocycles. The van der Waals surface area contributed by atoms with E-state index in [9.17, 15) is 0 Å². The molecule has 4 rings (SSSR count). The first-order chi connectivity index (χ1) is 14.4. The van der Waals surface area contributed by atoms with E-state index in [0.29, 0.717) is 6.04 Å². The second kappa shape index (κ2) is 10.4. The molecule has 3 N–H and O–H groups in total. The Morgan fingerprint density at radius 2 is 1.86 bits per heavy atom. The molecule has 0 aromatic heterocycles. The zero-order valence-corrected chi connectivity index (χ0v) is 18.2. The molecule has 0 bridgehead atoms. The normalized spacial score (nSPS) is 22.5. The van der Waals surface area contributed by atoms with Crippen LogP contribution in [-0.4, -0.2) is 48.0 Å². The summed E-state index contributed by atoms with van der Waals surface area (Å²) in [4.78, 5) is 7.68. The highest BCUT2D eigenvalue weighted by molar-refractivity contribution is 7.99. The first-order valence-electron chi connectivity index (χ1n) is 11.2. The summed E-state index contributed by atoms with van der Waals surface area (Å²) in [5.41, 5.74) is 6.80. The van der Waals surface area contributed by atoms with Crippen LogP contribution < -0.4 is 11.1 Å². The minimum atomic E-state index is 0.649. The van der Waals surface area contributed by atoms with Gasteiger partial charge in [-0.25, -0.2) is 0 Å². The number of nitrogens with zero attached hydrogens (tertiary/aromatic N) is 2. The molecule has 2 aliphatic rings. The lowest BCUT2D eigenvalue weighted by Crippen LogP contribution is -2.52. The summed E-state index contributed by atoms with van der Waals surface area (Å²) in [6.45, 7) is 2.70. The van der Waals surface area contributed by atoms with Crippen molar-refractivity contribution in [2.24, 2.45) is 16.6 Å². The second-order valence-corrected chi connectivity index (χ2v) is 9.43. The molecule has 4 nitrogen and oxygen atoms in total. The zero-order valence-electron chi connectivity index (χ0n) is 17.4. The number of benzene rings is 2. The van der Waals surface area contributed by atoms with Crippen LogP contribution in [0.15, 0.2) is 47.5 Å². The molecule has 2 aromatic rings. The van der Waals surface area contributed by atoms with Crippen LogP contribution in [0, 0.1) is 5.92 Å². The van der Waals surface area contributed by atoms with E-state index in [-0.39, 0.29) is 0 Å². The average molecular weight is 411 g/mol. The smallest absolute Gasteiger partial charge is 0.198 e. The van der Waals surface area contributed by atoms with Gasteiger partial charge in [0.25, 0.3) is 0 Å². The maximum atomic E-state index is 5.64. The van der Waals surface area contributed by atoms with Crippen molar-refractivity contribution in [2.45, 2.75) is 44.6 Å². The van der Waals surface area contributed by atoms with Gasteiger partial charge in [-0.2, -0.15) is 11.8 Å².